The second-order valence-corrected chi connectivity index (χ2v) is 4.50. The van der Waals surface area contributed by atoms with Gasteiger partial charge in [0.2, 0.25) is 5.91 Å². The van der Waals surface area contributed by atoms with Crippen molar-refractivity contribution < 1.29 is 4.79 Å². The van der Waals surface area contributed by atoms with Gasteiger partial charge in [0, 0.05) is 12.6 Å². The van der Waals surface area contributed by atoms with Crippen LogP contribution in [0, 0.1) is 6.92 Å². The first kappa shape index (κ1) is 14.5. The summed E-state index contributed by atoms with van der Waals surface area (Å²) in [6.45, 7) is 10.1. The molecular weight excluding hydrogens is 224 g/mol. The lowest BCUT2D eigenvalue weighted by Crippen LogP contribution is -2.43. The van der Waals surface area contributed by atoms with Crippen molar-refractivity contribution in [3.05, 3.63) is 48.0 Å². The zero-order valence-corrected chi connectivity index (χ0v) is 11.4. The first-order chi connectivity index (χ1) is 8.56. The summed E-state index contributed by atoms with van der Waals surface area (Å²) in [5.41, 5.74) is 2.46. The molecule has 0 spiro atoms. The van der Waals surface area contributed by atoms with Crippen LogP contribution in [0.5, 0.6) is 0 Å². The second-order valence-electron chi connectivity index (χ2n) is 4.50. The molecule has 0 saturated heterocycles. The van der Waals surface area contributed by atoms with Crippen molar-refractivity contribution in [1.82, 2.24) is 10.6 Å². The number of rotatable bonds is 6. The zero-order valence-electron chi connectivity index (χ0n) is 11.4. The summed E-state index contributed by atoms with van der Waals surface area (Å²) in [6, 6.07) is 8.13. The monoisotopic (exact) mass is 246 g/mol. The van der Waals surface area contributed by atoms with Gasteiger partial charge in [0.05, 0.1) is 6.04 Å². The molecule has 1 rings (SSSR count). The van der Waals surface area contributed by atoms with Crippen LogP contribution in [0.25, 0.3) is 0 Å². The number of carbonyl (C=O) groups is 1. The Morgan fingerprint density at radius 2 is 2.06 bits per heavy atom. The van der Waals surface area contributed by atoms with Crippen molar-refractivity contribution in [2.45, 2.75) is 32.9 Å². The molecule has 1 aromatic carbocycles. The van der Waals surface area contributed by atoms with Crippen LogP contribution in [-0.2, 0) is 4.79 Å². The lowest BCUT2D eigenvalue weighted by atomic mass is 10.0. The lowest BCUT2D eigenvalue weighted by Gasteiger charge is -2.21. The molecule has 1 unspecified atom stereocenters. The standard InChI is InChI=1S/C15H22N2O/c1-5-10-16-15(18)13(4)17-12(3)14-9-7-6-8-11(14)2/h5-9,12-13,17H,1,10H2,2-4H3,(H,16,18)/t12-,13?/m1/s1. The van der Waals surface area contributed by atoms with E-state index in [0.29, 0.717) is 6.54 Å². The summed E-state index contributed by atoms with van der Waals surface area (Å²) in [5.74, 6) is -0.00432. The third-order valence-corrected chi connectivity index (χ3v) is 2.97. The predicted molar refractivity (Wildman–Crippen MR) is 75.4 cm³/mol. The zero-order chi connectivity index (χ0) is 13.5. The number of carbonyl (C=O) groups excluding carboxylic acids is 1. The molecule has 1 amide bonds. The SMILES string of the molecule is C=CCNC(=O)C(C)N[C@H](C)c1ccccc1C. The minimum absolute atomic E-state index is 0.00432. The largest absolute Gasteiger partial charge is 0.351 e. The van der Waals surface area contributed by atoms with E-state index in [4.69, 9.17) is 0 Å². The number of hydrogen-bond acceptors (Lipinski definition) is 2. The van der Waals surface area contributed by atoms with Crippen molar-refractivity contribution >= 4 is 5.91 Å². The Morgan fingerprint density at radius 1 is 1.39 bits per heavy atom. The smallest absolute Gasteiger partial charge is 0.237 e. The van der Waals surface area contributed by atoms with Gasteiger partial charge in [0.15, 0.2) is 0 Å². The molecule has 3 nitrogen and oxygen atoms in total. The number of benzene rings is 1. The number of amides is 1. The van der Waals surface area contributed by atoms with Crippen LogP contribution in [0.3, 0.4) is 0 Å². The van der Waals surface area contributed by atoms with Gasteiger partial charge in [0.1, 0.15) is 0 Å². The van der Waals surface area contributed by atoms with Crippen LogP contribution in [-0.4, -0.2) is 18.5 Å². The van der Waals surface area contributed by atoms with E-state index in [-0.39, 0.29) is 18.0 Å². The molecule has 2 atom stereocenters. The Hall–Kier alpha value is -1.61. The molecule has 0 radical (unpaired) electrons. The summed E-state index contributed by atoms with van der Waals surface area (Å²) in [5, 5.41) is 6.08. The normalized spacial score (nSPS) is 13.7. The highest BCUT2D eigenvalue weighted by Gasteiger charge is 2.16. The van der Waals surface area contributed by atoms with Crippen molar-refractivity contribution in [2.24, 2.45) is 0 Å². The van der Waals surface area contributed by atoms with Gasteiger partial charge in [-0.3, -0.25) is 10.1 Å². The predicted octanol–water partition coefficient (Wildman–Crippen LogP) is 2.34. The summed E-state index contributed by atoms with van der Waals surface area (Å²) in [6.07, 6.45) is 1.68. The maximum Gasteiger partial charge on any atom is 0.237 e. The van der Waals surface area contributed by atoms with Crippen molar-refractivity contribution in [2.75, 3.05) is 6.54 Å². The Kier molecular flexibility index (Phi) is 5.59. The fourth-order valence-electron chi connectivity index (χ4n) is 1.94. The van der Waals surface area contributed by atoms with Gasteiger partial charge in [-0.1, -0.05) is 30.3 Å². The summed E-state index contributed by atoms with van der Waals surface area (Å²) in [7, 11) is 0. The average Bonchev–Trinajstić information content (AvgIpc) is 2.36. The highest BCUT2D eigenvalue weighted by atomic mass is 16.2. The van der Waals surface area contributed by atoms with Gasteiger partial charge in [-0.2, -0.15) is 0 Å². The van der Waals surface area contributed by atoms with Gasteiger partial charge < -0.3 is 5.32 Å². The Labute approximate surface area is 109 Å². The van der Waals surface area contributed by atoms with Crippen LogP contribution in [0.4, 0.5) is 0 Å². The van der Waals surface area contributed by atoms with Crippen LogP contribution >= 0.6 is 0 Å². The minimum Gasteiger partial charge on any atom is -0.351 e. The first-order valence-electron chi connectivity index (χ1n) is 6.26. The molecule has 2 N–H and O–H groups in total. The van der Waals surface area contributed by atoms with Gasteiger partial charge in [-0.05, 0) is 31.9 Å². The van der Waals surface area contributed by atoms with E-state index in [0.717, 1.165) is 0 Å². The lowest BCUT2D eigenvalue weighted by molar-refractivity contribution is -0.122. The highest BCUT2D eigenvalue weighted by molar-refractivity contribution is 5.81. The first-order valence-corrected chi connectivity index (χ1v) is 6.26. The molecule has 18 heavy (non-hydrogen) atoms. The van der Waals surface area contributed by atoms with Crippen molar-refractivity contribution in [3.63, 3.8) is 0 Å². The number of hydrogen-bond donors (Lipinski definition) is 2. The van der Waals surface area contributed by atoms with E-state index in [1.807, 2.05) is 19.1 Å². The molecule has 0 aliphatic heterocycles. The maximum atomic E-state index is 11.7. The fraction of sp³-hybridized carbons (Fsp3) is 0.400. The molecule has 1 aromatic rings. The van der Waals surface area contributed by atoms with E-state index < -0.39 is 0 Å². The van der Waals surface area contributed by atoms with Crippen LogP contribution in [0.2, 0.25) is 0 Å². The molecule has 0 heterocycles. The molecule has 3 heteroatoms. The quantitative estimate of drug-likeness (QED) is 0.756. The molecule has 0 aromatic heterocycles. The van der Waals surface area contributed by atoms with Crippen molar-refractivity contribution in [3.8, 4) is 0 Å². The van der Waals surface area contributed by atoms with Crippen LogP contribution in [0.1, 0.15) is 31.0 Å². The van der Waals surface area contributed by atoms with Crippen molar-refractivity contribution in [1.29, 1.82) is 0 Å². The molecule has 98 valence electrons. The van der Waals surface area contributed by atoms with Crippen LogP contribution in [0.15, 0.2) is 36.9 Å². The summed E-state index contributed by atoms with van der Waals surface area (Å²) in [4.78, 5) is 11.7. The summed E-state index contributed by atoms with van der Waals surface area (Å²) >= 11 is 0. The van der Waals surface area contributed by atoms with E-state index in [2.05, 4.69) is 43.2 Å². The maximum absolute atomic E-state index is 11.7. The topological polar surface area (TPSA) is 41.1 Å². The molecule has 0 saturated carbocycles. The van der Waals surface area contributed by atoms with Gasteiger partial charge in [-0.15, -0.1) is 6.58 Å². The number of nitrogens with one attached hydrogen (secondary N) is 2. The van der Waals surface area contributed by atoms with E-state index in [1.54, 1.807) is 6.08 Å². The third kappa shape index (κ3) is 4.00. The third-order valence-electron chi connectivity index (χ3n) is 2.97. The minimum atomic E-state index is -0.223. The second kappa shape index (κ2) is 6.97. The van der Waals surface area contributed by atoms with Crippen LogP contribution < -0.4 is 10.6 Å². The summed E-state index contributed by atoms with van der Waals surface area (Å²) < 4.78 is 0. The van der Waals surface area contributed by atoms with E-state index >= 15 is 0 Å². The molecule has 0 aliphatic carbocycles. The molecule has 0 fully saturated rings. The van der Waals surface area contributed by atoms with Gasteiger partial charge >= 0.3 is 0 Å². The Morgan fingerprint density at radius 3 is 2.67 bits per heavy atom. The van der Waals surface area contributed by atoms with Gasteiger partial charge in [0.25, 0.3) is 0 Å². The fourth-order valence-corrected chi connectivity index (χ4v) is 1.94. The Balaban J connectivity index is 2.59. The molecule has 0 aliphatic rings. The molecular formula is C15H22N2O. The van der Waals surface area contributed by atoms with E-state index in [9.17, 15) is 4.79 Å². The van der Waals surface area contributed by atoms with Gasteiger partial charge in [-0.25, -0.2) is 0 Å². The average molecular weight is 246 g/mol. The molecule has 0 bridgehead atoms. The van der Waals surface area contributed by atoms with E-state index in [1.165, 1.54) is 11.1 Å². The highest BCUT2D eigenvalue weighted by Crippen LogP contribution is 2.17. The Bertz CT molecular complexity index is 415. The number of aryl methyl sites for hydroxylation is 1.